The molecule has 0 spiro atoms. The van der Waals surface area contributed by atoms with Crippen LogP contribution in [0.15, 0.2) is 89.4 Å². The van der Waals surface area contributed by atoms with E-state index in [1.165, 1.54) is 0 Å². The van der Waals surface area contributed by atoms with Crippen molar-refractivity contribution in [2.24, 2.45) is 0 Å². The number of aliphatic hydroxyl groups is 1. The smallest absolute Gasteiger partial charge is 0.347 e. The molecule has 24 heavy (non-hydrogen) atoms. The van der Waals surface area contributed by atoms with E-state index in [0.717, 1.165) is 15.1 Å². The lowest BCUT2D eigenvalue weighted by Crippen LogP contribution is -2.10. The third-order valence-corrected chi connectivity index (χ3v) is 10.0. The molecule has 0 aliphatic heterocycles. The van der Waals surface area contributed by atoms with E-state index in [2.05, 4.69) is 15.9 Å². The van der Waals surface area contributed by atoms with Crippen molar-refractivity contribution < 1.29 is 9.67 Å². The van der Waals surface area contributed by atoms with Gasteiger partial charge >= 0.3 is 7.49 Å². The molecule has 0 radical (unpaired) electrons. The Morgan fingerprint density at radius 3 is 1.71 bits per heavy atom. The van der Waals surface area contributed by atoms with Gasteiger partial charge in [0.05, 0.1) is 0 Å². The molecule has 3 aromatic rings. The zero-order valence-electron chi connectivity index (χ0n) is 12.8. The van der Waals surface area contributed by atoms with Gasteiger partial charge in [0.2, 0.25) is 7.61 Å². The van der Waals surface area contributed by atoms with E-state index < -0.39 is 20.9 Å². The molecule has 2 unspecified atom stereocenters. The number of halogens is 1. The van der Waals surface area contributed by atoms with Gasteiger partial charge in [-0.1, -0.05) is 93.3 Å². The van der Waals surface area contributed by atoms with E-state index in [9.17, 15) is 9.67 Å². The molecule has 5 heteroatoms. The van der Waals surface area contributed by atoms with Crippen LogP contribution in [-0.4, -0.2) is 5.11 Å². The normalized spacial score (nSPS) is 12.9. The van der Waals surface area contributed by atoms with Crippen LogP contribution in [0, 0.1) is 0 Å². The Bertz CT molecular complexity index is 768. The van der Waals surface area contributed by atoms with Crippen LogP contribution < -0.4 is 10.6 Å². The van der Waals surface area contributed by atoms with Crippen molar-refractivity contribution in [3.05, 3.63) is 95.0 Å². The van der Waals surface area contributed by atoms with E-state index in [1.807, 2.05) is 84.9 Å². The molecule has 0 fully saturated rings. The molecule has 2 nitrogen and oxygen atoms in total. The maximum Gasteiger partial charge on any atom is 0.401 e. The summed E-state index contributed by atoms with van der Waals surface area (Å²) in [5.41, 5.74) is 0.679. The van der Waals surface area contributed by atoms with Crippen LogP contribution in [0.1, 0.15) is 11.4 Å². The molecular formula is C19H16BrO2P2+. The van der Waals surface area contributed by atoms with Crippen molar-refractivity contribution in [1.82, 2.24) is 0 Å². The van der Waals surface area contributed by atoms with Gasteiger partial charge in [0.1, 0.15) is 0 Å². The molecule has 0 aliphatic carbocycles. The molecule has 0 aromatic heterocycles. The summed E-state index contributed by atoms with van der Waals surface area (Å²) < 4.78 is 14.2. The topological polar surface area (TPSA) is 37.3 Å². The monoisotopic (exact) mass is 417 g/mol. The van der Waals surface area contributed by atoms with Crippen LogP contribution in [0.3, 0.4) is 0 Å². The van der Waals surface area contributed by atoms with Crippen LogP contribution in [0.2, 0.25) is 0 Å². The van der Waals surface area contributed by atoms with E-state index in [0.29, 0.717) is 5.56 Å². The lowest BCUT2D eigenvalue weighted by molar-refractivity contribution is 0.260. The number of aliphatic hydroxyl groups excluding tert-OH is 1. The lowest BCUT2D eigenvalue weighted by atomic mass is 10.2. The Labute approximate surface area is 152 Å². The highest BCUT2D eigenvalue weighted by Gasteiger charge is 2.42. The summed E-state index contributed by atoms with van der Waals surface area (Å²) in [6.45, 7) is 0. The molecule has 0 saturated carbocycles. The second-order valence-electron chi connectivity index (χ2n) is 5.21. The van der Waals surface area contributed by atoms with Crippen molar-refractivity contribution in [3.63, 3.8) is 0 Å². The third-order valence-electron chi connectivity index (χ3n) is 3.58. The Morgan fingerprint density at radius 1 is 0.792 bits per heavy atom. The Morgan fingerprint density at radius 2 is 1.25 bits per heavy atom. The van der Waals surface area contributed by atoms with Crippen molar-refractivity contribution in [2.75, 3.05) is 0 Å². The Hall–Kier alpha value is -1.37. The van der Waals surface area contributed by atoms with E-state index >= 15 is 0 Å². The van der Waals surface area contributed by atoms with E-state index in [-0.39, 0.29) is 0 Å². The summed E-state index contributed by atoms with van der Waals surface area (Å²) >= 11 is 3.38. The van der Waals surface area contributed by atoms with Gasteiger partial charge in [0.15, 0.2) is 0 Å². The van der Waals surface area contributed by atoms with Gasteiger partial charge in [0.25, 0.3) is 5.85 Å². The van der Waals surface area contributed by atoms with Crippen molar-refractivity contribution >= 4 is 41.6 Å². The lowest BCUT2D eigenvalue weighted by Gasteiger charge is -2.10. The number of benzene rings is 3. The zero-order chi connectivity index (χ0) is 16.9. The summed E-state index contributed by atoms with van der Waals surface area (Å²) in [6.07, 6.45) is 0. The molecular weight excluding hydrogens is 402 g/mol. The molecule has 0 aliphatic rings. The maximum absolute atomic E-state index is 13.2. The Balaban J connectivity index is 1.99. The fraction of sp³-hybridized carbons (Fsp3) is 0.0526. The van der Waals surface area contributed by atoms with Crippen LogP contribution in [0.25, 0.3) is 0 Å². The molecule has 0 bridgehead atoms. The first-order valence-electron chi connectivity index (χ1n) is 7.47. The minimum Gasteiger partial charge on any atom is -0.347 e. The number of rotatable bonds is 5. The van der Waals surface area contributed by atoms with E-state index in [1.54, 1.807) is 0 Å². The van der Waals surface area contributed by atoms with Crippen molar-refractivity contribution in [1.29, 1.82) is 0 Å². The van der Waals surface area contributed by atoms with Gasteiger partial charge in [-0.25, -0.2) is 0 Å². The van der Waals surface area contributed by atoms with E-state index in [4.69, 9.17) is 0 Å². The van der Waals surface area contributed by atoms with Crippen LogP contribution in [0.4, 0.5) is 0 Å². The van der Waals surface area contributed by atoms with Crippen LogP contribution in [0.5, 0.6) is 0 Å². The molecule has 0 saturated heterocycles. The fourth-order valence-corrected chi connectivity index (χ4v) is 8.18. The minimum atomic E-state index is -1.89. The zero-order valence-corrected chi connectivity index (χ0v) is 16.2. The molecule has 2 atom stereocenters. The average molecular weight is 418 g/mol. The molecule has 3 rings (SSSR count). The highest BCUT2D eigenvalue weighted by molar-refractivity contribution is 9.10. The summed E-state index contributed by atoms with van der Waals surface area (Å²) in [5, 5.41) is 12.7. The highest BCUT2D eigenvalue weighted by atomic mass is 79.9. The number of hydrogen-bond acceptors (Lipinski definition) is 2. The van der Waals surface area contributed by atoms with Gasteiger partial charge < -0.3 is 5.11 Å². The van der Waals surface area contributed by atoms with Gasteiger partial charge in [0, 0.05) is 20.6 Å². The molecule has 1 N–H and O–H groups in total. The maximum atomic E-state index is 13.2. The average Bonchev–Trinajstić information content (AvgIpc) is 2.64. The molecule has 3 aromatic carbocycles. The first-order chi connectivity index (χ1) is 11.7. The summed E-state index contributed by atoms with van der Waals surface area (Å²) in [4.78, 5) is 0. The van der Waals surface area contributed by atoms with Crippen molar-refractivity contribution in [2.45, 2.75) is 5.85 Å². The summed E-state index contributed by atoms with van der Waals surface area (Å²) in [6, 6.07) is 27.0. The fourth-order valence-electron chi connectivity index (χ4n) is 2.39. The first-order valence-corrected chi connectivity index (χ1v) is 11.6. The largest absolute Gasteiger partial charge is 0.401 e. The van der Waals surface area contributed by atoms with Gasteiger partial charge in [-0.2, -0.15) is 0 Å². The standard InChI is InChI=1S/C19H16BrO2P2/c20-16-13-11-15(12-14-16)19(21)24(22)23(17-7-3-1-4-8-17)18-9-5-2-6-10-18/h1-14,19,21H/q+1. The summed E-state index contributed by atoms with van der Waals surface area (Å²) in [5.74, 6) is -0.986. The quantitative estimate of drug-likeness (QED) is 0.570. The summed E-state index contributed by atoms with van der Waals surface area (Å²) in [7, 11) is -3.02. The second-order valence-corrected chi connectivity index (χ2v) is 11.3. The van der Waals surface area contributed by atoms with Crippen LogP contribution in [-0.2, 0) is 4.57 Å². The second kappa shape index (κ2) is 8.14. The highest BCUT2D eigenvalue weighted by Crippen LogP contribution is 2.65. The van der Waals surface area contributed by atoms with Gasteiger partial charge in [-0.15, -0.1) is 0 Å². The third kappa shape index (κ3) is 3.99. The van der Waals surface area contributed by atoms with Gasteiger partial charge in [-0.05, 0) is 12.1 Å². The molecule has 120 valence electrons. The van der Waals surface area contributed by atoms with Crippen LogP contribution >= 0.6 is 31.0 Å². The predicted octanol–water partition coefficient (Wildman–Crippen LogP) is 5.32. The molecule has 0 heterocycles. The van der Waals surface area contributed by atoms with Crippen molar-refractivity contribution in [3.8, 4) is 0 Å². The SMILES string of the molecule is O=[P+](C(O)c1ccc(Br)cc1)P(c1ccccc1)c1ccccc1. The predicted molar refractivity (Wildman–Crippen MR) is 106 cm³/mol. The molecule has 0 amide bonds. The Kier molecular flexibility index (Phi) is 5.92. The minimum absolute atomic E-state index is 0.679. The number of hydrogen-bond donors (Lipinski definition) is 1. The van der Waals surface area contributed by atoms with Gasteiger partial charge in [-0.3, -0.25) is 0 Å². The first kappa shape index (κ1) is 17.5.